The minimum absolute atomic E-state index is 0.00764. The first-order valence-corrected chi connectivity index (χ1v) is 11.0. The van der Waals surface area contributed by atoms with Crippen molar-refractivity contribution in [2.75, 3.05) is 30.7 Å². The van der Waals surface area contributed by atoms with Gasteiger partial charge in [0, 0.05) is 36.6 Å². The molecule has 5 nitrogen and oxygen atoms in total. The van der Waals surface area contributed by atoms with E-state index in [4.69, 9.17) is 0 Å². The topological polar surface area (TPSA) is 52.7 Å². The number of rotatable bonds is 2. The number of hydrogen-bond donors (Lipinski definition) is 1. The molecule has 2 aromatic rings. The van der Waals surface area contributed by atoms with Gasteiger partial charge < -0.3 is 15.1 Å². The number of likely N-dealkylation sites (tertiary alicyclic amines) is 1. The Bertz CT molecular complexity index is 943. The molecule has 0 aliphatic carbocycles. The number of hydrogen-bond acceptors (Lipinski definition) is 3. The summed E-state index contributed by atoms with van der Waals surface area (Å²) < 4.78 is 38.1. The molecule has 2 fully saturated rings. The molecule has 0 bridgehead atoms. The van der Waals surface area contributed by atoms with E-state index in [1.54, 1.807) is 16.7 Å². The van der Waals surface area contributed by atoms with Crippen LogP contribution in [0.5, 0.6) is 0 Å². The van der Waals surface area contributed by atoms with Gasteiger partial charge in [0.1, 0.15) is 0 Å². The number of piperidine rings is 1. The number of alkyl halides is 3. The zero-order valence-electron chi connectivity index (χ0n) is 16.7. The first kappa shape index (κ1) is 21.5. The van der Waals surface area contributed by atoms with Gasteiger partial charge in [0.2, 0.25) is 0 Å². The van der Waals surface area contributed by atoms with Crippen LogP contribution in [-0.4, -0.2) is 52.0 Å². The van der Waals surface area contributed by atoms with Gasteiger partial charge in [0.25, 0.3) is 5.91 Å². The molecule has 2 aliphatic rings. The van der Waals surface area contributed by atoms with E-state index in [0.29, 0.717) is 43.7 Å². The first-order chi connectivity index (χ1) is 14.8. The molecule has 2 aliphatic heterocycles. The van der Waals surface area contributed by atoms with Crippen LogP contribution in [-0.2, 0) is 6.18 Å². The fraction of sp³-hybridized carbons (Fsp3) is 0.364. The molecule has 2 heterocycles. The maximum Gasteiger partial charge on any atom is 0.416 e. The highest BCUT2D eigenvalue weighted by atomic mass is 32.2. The minimum atomic E-state index is -4.41. The van der Waals surface area contributed by atoms with Crippen molar-refractivity contribution in [2.24, 2.45) is 0 Å². The van der Waals surface area contributed by atoms with Gasteiger partial charge in [-0.1, -0.05) is 18.2 Å². The third-order valence-electron chi connectivity index (χ3n) is 5.74. The quantitative estimate of drug-likeness (QED) is 0.708. The maximum atomic E-state index is 13.0. The molecule has 164 valence electrons. The lowest BCUT2D eigenvalue weighted by molar-refractivity contribution is -0.137. The molecular weight excluding hydrogens is 427 g/mol. The van der Waals surface area contributed by atoms with Crippen LogP contribution in [0.4, 0.5) is 23.7 Å². The molecule has 0 unspecified atom stereocenters. The van der Waals surface area contributed by atoms with Gasteiger partial charge in [-0.15, -0.1) is 11.8 Å². The lowest BCUT2D eigenvalue weighted by Gasteiger charge is -2.44. The highest BCUT2D eigenvalue weighted by Crippen LogP contribution is 2.44. The van der Waals surface area contributed by atoms with Crippen molar-refractivity contribution >= 4 is 29.4 Å². The van der Waals surface area contributed by atoms with Crippen LogP contribution < -0.4 is 5.32 Å². The number of nitrogens with one attached hydrogen (secondary N) is 1. The molecule has 0 radical (unpaired) electrons. The fourth-order valence-corrected chi connectivity index (χ4v) is 5.51. The van der Waals surface area contributed by atoms with Crippen LogP contribution >= 0.6 is 11.8 Å². The zero-order chi connectivity index (χ0) is 22.1. The number of urea groups is 1. The van der Waals surface area contributed by atoms with E-state index in [-0.39, 0.29) is 16.8 Å². The smallest absolute Gasteiger partial charge is 0.324 e. The highest BCUT2D eigenvalue weighted by Gasteiger charge is 2.47. The van der Waals surface area contributed by atoms with Gasteiger partial charge in [0.15, 0.2) is 0 Å². The van der Waals surface area contributed by atoms with E-state index in [2.05, 4.69) is 5.32 Å². The number of amides is 3. The second-order valence-electron chi connectivity index (χ2n) is 7.61. The SMILES string of the molecule is O=C(Nc1ccc(C(F)(F)F)cc1)N1CCC2(CC1)SCCN2C(=O)c1ccccc1. The molecule has 0 atom stereocenters. The van der Waals surface area contributed by atoms with Gasteiger partial charge in [-0.3, -0.25) is 4.79 Å². The summed E-state index contributed by atoms with van der Waals surface area (Å²) in [5, 5.41) is 2.66. The number of thioether (sulfide) groups is 1. The Labute approximate surface area is 182 Å². The van der Waals surface area contributed by atoms with E-state index < -0.39 is 11.7 Å². The Morgan fingerprint density at radius 3 is 2.19 bits per heavy atom. The Morgan fingerprint density at radius 1 is 0.935 bits per heavy atom. The van der Waals surface area contributed by atoms with E-state index in [0.717, 1.165) is 17.9 Å². The summed E-state index contributed by atoms with van der Waals surface area (Å²) in [6, 6.07) is 13.2. The van der Waals surface area contributed by atoms with Crippen LogP contribution in [0.25, 0.3) is 0 Å². The van der Waals surface area contributed by atoms with Crippen molar-refractivity contribution in [1.82, 2.24) is 9.80 Å². The predicted octanol–water partition coefficient (Wildman–Crippen LogP) is 4.92. The van der Waals surface area contributed by atoms with Crippen molar-refractivity contribution in [3.8, 4) is 0 Å². The average Bonchev–Trinajstić information content (AvgIpc) is 3.17. The number of carbonyl (C=O) groups excluding carboxylic acids is 2. The maximum absolute atomic E-state index is 13.0. The standard InChI is InChI=1S/C22H22F3N3O2S/c23-22(24,25)17-6-8-18(9-7-17)26-20(30)27-12-10-21(11-13-27)28(14-15-31-21)19(29)16-4-2-1-3-5-16/h1-9H,10-15H2,(H,26,30). The lowest BCUT2D eigenvalue weighted by Crippen LogP contribution is -2.54. The summed E-state index contributed by atoms with van der Waals surface area (Å²) in [6.45, 7) is 1.62. The predicted molar refractivity (Wildman–Crippen MR) is 114 cm³/mol. The van der Waals surface area contributed by atoms with E-state index in [9.17, 15) is 22.8 Å². The summed E-state index contributed by atoms with van der Waals surface area (Å²) >= 11 is 1.76. The van der Waals surface area contributed by atoms with Crippen LogP contribution in [0.3, 0.4) is 0 Å². The molecular formula is C22H22F3N3O2S. The molecule has 1 N–H and O–H groups in total. The number of nitrogens with zero attached hydrogens (tertiary/aromatic N) is 2. The van der Waals surface area contributed by atoms with Gasteiger partial charge in [-0.2, -0.15) is 13.2 Å². The number of benzene rings is 2. The summed E-state index contributed by atoms with van der Waals surface area (Å²) in [7, 11) is 0. The van der Waals surface area contributed by atoms with Crippen LogP contribution in [0, 0.1) is 0 Å². The van der Waals surface area contributed by atoms with Crippen molar-refractivity contribution < 1.29 is 22.8 Å². The largest absolute Gasteiger partial charge is 0.416 e. The summed E-state index contributed by atoms with van der Waals surface area (Å²) in [4.78, 5) is 28.9. The van der Waals surface area contributed by atoms with Crippen molar-refractivity contribution in [2.45, 2.75) is 23.9 Å². The van der Waals surface area contributed by atoms with E-state index >= 15 is 0 Å². The number of anilines is 1. The molecule has 4 rings (SSSR count). The van der Waals surface area contributed by atoms with Crippen LogP contribution in [0.15, 0.2) is 54.6 Å². The van der Waals surface area contributed by atoms with E-state index in [1.165, 1.54) is 12.1 Å². The number of halogens is 3. The molecule has 31 heavy (non-hydrogen) atoms. The summed E-state index contributed by atoms with van der Waals surface area (Å²) in [6.07, 6.45) is -3.11. The second-order valence-corrected chi connectivity index (χ2v) is 9.07. The van der Waals surface area contributed by atoms with Gasteiger partial charge in [-0.25, -0.2) is 4.79 Å². The van der Waals surface area contributed by atoms with Crippen LogP contribution in [0.2, 0.25) is 0 Å². The second kappa shape index (κ2) is 8.45. The molecule has 0 aromatic heterocycles. The normalized spacial score (nSPS) is 18.3. The summed E-state index contributed by atoms with van der Waals surface area (Å²) in [5.41, 5.74) is 0.216. The third-order valence-corrected chi connectivity index (χ3v) is 7.29. The minimum Gasteiger partial charge on any atom is -0.324 e. The molecule has 3 amide bonds. The fourth-order valence-electron chi connectivity index (χ4n) is 4.05. The molecule has 2 saturated heterocycles. The van der Waals surface area contributed by atoms with Gasteiger partial charge in [-0.05, 0) is 49.2 Å². The van der Waals surface area contributed by atoms with Gasteiger partial charge >= 0.3 is 12.2 Å². The van der Waals surface area contributed by atoms with Crippen molar-refractivity contribution in [3.63, 3.8) is 0 Å². The Balaban J connectivity index is 1.37. The Morgan fingerprint density at radius 2 is 1.58 bits per heavy atom. The molecule has 0 saturated carbocycles. The van der Waals surface area contributed by atoms with Gasteiger partial charge in [0.05, 0.1) is 10.4 Å². The molecule has 1 spiro atoms. The average molecular weight is 449 g/mol. The summed E-state index contributed by atoms with van der Waals surface area (Å²) in [5.74, 6) is 0.865. The molecule has 2 aromatic carbocycles. The molecule has 9 heteroatoms. The van der Waals surface area contributed by atoms with Crippen LogP contribution in [0.1, 0.15) is 28.8 Å². The lowest BCUT2D eigenvalue weighted by atomic mass is 10.0. The number of carbonyl (C=O) groups is 2. The highest BCUT2D eigenvalue weighted by molar-refractivity contribution is 8.00. The Hall–Kier alpha value is -2.68. The Kier molecular flexibility index (Phi) is 5.88. The van der Waals surface area contributed by atoms with Crippen molar-refractivity contribution in [3.05, 3.63) is 65.7 Å². The zero-order valence-corrected chi connectivity index (χ0v) is 17.5. The van der Waals surface area contributed by atoms with E-state index in [1.807, 2.05) is 35.2 Å². The first-order valence-electron chi connectivity index (χ1n) is 10.0. The third kappa shape index (κ3) is 4.51. The van der Waals surface area contributed by atoms with Crippen molar-refractivity contribution in [1.29, 1.82) is 0 Å². The monoisotopic (exact) mass is 449 g/mol.